The van der Waals surface area contributed by atoms with Crippen molar-refractivity contribution in [3.05, 3.63) is 23.8 Å². The SMILES string of the molecule is CC/C=C(C)\C=C/CC/N=C(\C)CCCCC(F)(F)F. The summed E-state index contributed by atoms with van der Waals surface area (Å²) in [7, 11) is 0. The number of alkyl halides is 3. The minimum atomic E-state index is -4.03. The second-order valence-electron chi connectivity index (χ2n) is 4.99. The summed E-state index contributed by atoms with van der Waals surface area (Å²) in [5.41, 5.74) is 2.20. The molecule has 0 aromatic heterocycles. The Hall–Kier alpha value is -1.06. The fourth-order valence-corrected chi connectivity index (χ4v) is 1.77. The average molecular weight is 289 g/mol. The highest BCUT2D eigenvalue weighted by atomic mass is 19.4. The molecule has 0 aliphatic heterocycles. The van der Waals surface area contributed by atoms with Gasteiger partial charge < -0.3 is 0 Å². The smallest absolute Gasteiger partial charge is 0.294 e. The van der Waals surface area contributed by atoms with E-state index in [1.54, 1.807) is 0 Å². The maximum Gasteiger partial charge on any atom is 0.389 e. The van der Waals surface area contributed by atoms with Crippen LogP contribution >= 0.6 is 0 Å². The van der Waals surface area contributed by atoms with Gasteiger partial charge in [-0.05, 0) is 46.0 Å². The summed E-state index contributed by atoms with van der Waals surface area (Å²) in [5, 5.41) is 0. The van der Waals surface area contributed by atoms with Crippen LogP contribution in [0.1, 0.15) is 59.3 Å². The number of nitrogens with zero attached hydrogens (tertiary/aromatic N) is 1. The highest BCUT2D eigenvalue weighted by Crippen LogP contribution is 2.22. The molecular weight excluding hydrogens is 263 g/mol. The van der Waals surface area contributed by atoms with E-state index in [2.05, 4.69) is 37.1 Å². The molecule has 1 nitrogen and oxygen atoms in total. The van der Waals surface area contributed by atoms with Gasteiger partial charge in [0.2, 0.25) is 0 Å². The third-order valence-electron chi connectivity index (χ3n) is 2.83. The summed E-state index contributed by atoms with van der Waals surface area (Å²) in [6.45, 7) is 6.76. The van der Waals surface area contributed by atoms with E-state index in [0.717, 1.165) is 18.6 Å². The van der Waals surface area contributed by atoms with Crippen molar-refractivity contribution in [2.24, 2.45) is 4.99 Å². The van der Waals surface area contributed by atoms with E-state index in [-0.39, 0.29) is 6.42 Å². The Bertz CT molecular complexity index is 338. The van der Waals surface area contributed by atoms with Gasteiger partial charge in [0, 0.05) is 18.7 Å². The molecular formula is C16H26F3N. The van der Waals surface area contributed by atoms with Gasteiger partial charge in [-0.2, -0.15) is 13.2 Å². The average Bonchev–Trinajstić information content (AvgIpc) is 2.33. The van der Waals surface area contributed by atoms with Crippen LogP contribution in [0, 0.1) is 0 Å². The first kappa shape index (κ1) is 18.9. The van der Waals surface area contributed by atoms with Gasteiger partial charge in [0.1, 0.15) is 0 Å². The highest BCUT2D eigenvalue weighted by Gasteiger charge is 2.25. The van der Waals surface area contributed by atoms with Crippen LogP contribution in [0.3, 0.4) is 0 Å². The summed E-state index contributed by atoms with van der Waals surface area (Å²) < 4.78 is 35.8. The van der Waals surface area contributed by atoms with Crippen LogP contribution in [0.15, 0.2) is 28.8 Å². The van der Waals surface area contributed by atoms with Crippen molar-refractivity contribution in [3.63, 3.8) is 0 Å². The van der Waals surface area contributed by atoms with Crippen LogP contribution in [0.25, 0.3) is 0 Å². The molecule has 0 unspecified atom stereocenters. The second-order valence-corrected chi connectivity index (χ2v) is 4.99. The lowest BCUT2D eigenvalue weighted by Gasteiger charge is -2.05. The van der Waals surface area contributed by atoms with E-state index in [4.69, 9.17) is 0 Å². The molecule has 0 rings (SSSR count). The number of rotatable bonds is 9. The van der Waals surface area contributed by atoms with Gasteiger partial charge in [0.05, 0.1) is 0 Å². The molecule has 4 heteroatoms. The van der Waals surface area contributed by atoms with Crippen molar-refractivity contribution >= 4 is 5.71 Å². The van der Waals surface area contributed by atoms with E-state index in [1.807, 2.05) is 6.92 Å². The molecule has 0 amide bonds. The molecule has 0 bridgehead atoms. The minimum absolute atomic E-state index is 0.192. The number of halogens is 3. The molecule has 0 heterocycles. The van der Waals surface area contributed by atoms with E-state index in [9.17, 15) is 13.2 Å². The Labute approximate surface area is 120 Å². The first-order valence-corrected chi connectivity index (χ1v) is 7.25. The largest absolute Gasteiger partial charge is 0.389 e. The number of unbranched alkanes of at least 4 members (excludes halogenated alkanes) is 1. The van der Waals surface area contributed by atoms with Crippen molar-refractivity contribution in [1.29, 1.82) is 0 Å². The Kier molecular flexibility index (Phi) is 10.1. The zero-order valence-corrected chi connectivity index (χ0v) is 12.8. The van der Waals surface area contributed by atoms with Crippen LogP contribution < -0.4 is 0 Å². The molecule has 0 spiro atoms. The second kappa shape index (κ2) is 10.7. The summed E-state index contributed by atoms with van der Waals surface area (Å²) in [5.74, 6) is 0. The van der Waals surface area contributed by atoms with E-state index >= 15 is 0 Å². The summed E-state index contributed by atoms with van der Waals surface area (Å²) in [6, 6.07) is 0. The number of hydrogen-bond acceptors (Lipinski definition) is 1. The number of aliphatic imine (C=N–C) groups is 1. The molecule has 0 aromatic rings. The molecule has 0 radical (unpaired) electrons. The van der Waals surface area contributed by atoms with Crippen LogP contribution in [0.2, 0.25) is 0 Å². The molecule has 0 fully saturated rings. The Morgan fingerprint density at radius 3 is 2.45 bits per heavy atom. The lowest BCUT2D eigenvalue weighted by molar-refractivity contribution is -0.135. The molecule has 0 aromatic carbocycles. The van der Waals surface area contributed by atoms with Crippen LogP contribution in [0.5, 0.6) is 0 Å². The molecule has 0 N–H and O–H groups in total. The highest BCUT2D eigenvalue weighted by molar-refractivity contribution is 5.81. The summed E-state index contributed by atoms with van der Waals surface area (Å²) >= 11 is 0. The Balaban J connectivity index is 3.73. The van der Waals surface area contributed by atoms with Crippen LogP contribution in [-0.4, -0.2) is 18.4 Å². The molecule has 0 saturated carbocycles. The first-order valence-electron chi connectivity index (χ1n) is 7.25. The fourth-order valence-electron chi connectivity index (χ4n) is 1.77. The predicted molar refractivity (Wildman–Crippen MR) is 80.3 cm³/mol. The Morgan fingerprint density at radius 2 is 1.85 bits per heavy atom. The molecule has 0 aliphatic carbocycles. The van der Waals surface area contributed by atoms with Gasteiger partial charge in [-0.3, -0.25) is 4.99 Å². The first-order chi connectivity index (χ1) is 9.35. The van der Waals surface area contributed by atoms with Gasteiger partial charge in [0.15, 0.2) is 0 Å². The van der Waals surface area contributed by atoms with Gasteiger partial charge >= 0.3 is 6.18 Å². The monoisotopic (exact) mass is 289 g/mol. The van der Waals surface area contributed by atoms with Crippen LogP contribution in [0.4, 0.5) is 13.2 Å². The quantitative estimate of drug-likeness (QED) is 0.286. The van der Waals surface area contributed by atoms with E-state index < -0.39 is 12.6 Å². The Morgan fingerprint density at radius 1 is 1.15 bits per heavy atom. The van der Waals surface area contributed by atoms with E-state index in [1.165, 1.54) is 5.57 Å². The lowest BCUT2D eigenvalue weighted by Crippen LogP contribution is -2.06. The zero-order valence-electron chi connectivity index (χ0n) is 12.8. The zero-order chi connectivity index (χ0) is 15.4. The third-order valence-corrected chi connectivity index (χ3v) is 2.83. The topological polar surface area (TPSA) is 12.4 Å². The van der Waals surface area contributed by atoms with E-state index in [0.29, 0.717) is 19.4 Å². The van der Waals surface area contributed by atoms with Gasteiger partial charge in [0.25, 0.3) is 0 Å². The van der Waals surface area contributed by atoms with Crippen molar-refractivity contribution in [1.82, 2.24) is 0 Å². The minimum Gasteiger partial charge on any atom is -0.294 e. The molecule has 0 saturated heterocycles. The summed E-state index contributed by atoms with van der Waals surface area (Å²) in [6.07, 6.45) is 4.92. The van der Waals surface area contributed by atoms with Crippen molar-refractivity contribution in [2.75, 3.05) is 6.54 Å². The maximum absolute atomic E-state index is 11.9. The van der Waals surface area contributed by atoms with Crippen LogP contribution in [-0.2, 0) is 0 Å². The molecule has 0 atom stereocenters. The summed E-state index contributed by atoms with van der Waals surface area (Å²) in [4.78, 5) is 4.37. The number of allylic oxidation sites excluding steroid dienone is 3. The maximum atomic E-state index is 11.9. The van der Waals surface area contributed by atoms with Crippen molar-refractivity contribution < 1.29 is 13.2 Å². The van der Waals surface area contributed by atoms with Gasteiger partial charge in [-0.1, -0.05) is 30.7 Å². The van der Waals surface area contributed by atoms with Crippen molar-refractivity contribution in [3.8, 4) is 0 Å². The van der Waals surface area contributed by atoms with Gasteiger partial charge in [-0.25, -0.2) is 0 Å². The molecule has 0 aliphatic rings. The predicted octanol–water partition coefficient (Wildman–Crippen LogP) is 5.87. The fraction of sp³-hybridized carbons (Fsp3) is 0.688. The molecule has 20 heavy (non-hydrogen) atoms. The lowest BCUT2D eigenvalue weighted by atomic mass is 10.1. The normalized spacial score (nSPS) is 14.3. The van der Waals surface area contributed by atoms with Gasteiger partial charge in [-0.15, -0.1) is 0 Å². The molecule has 116 valence electrons. The third kappa shape index (κ3) is 13.4. The number of hydrogen-bond donors (Lipinski definition) is 0. The van der Waals surface area contributed by atoms with Crippen molar-refractivity contribution in [2.45, 2.75) is 65.5 Å². The standard InChI is InChI=1S/C16H26F3N/c1-4-9-14(2)10-6-8-13-20-15(3)11-5-7-12-16(17,18)19/h6,9-10H,4-5,7-8,11-13H2,1-3H3/b10-6-,14-9-,20-15+.